The second kappa shape index (κ2) is 6.85. The Morgan fingerprint density at radius 2 is 2.15 bits per heavy atom. The van der Waals surface area contributed by atoms with Gasteiger partial charge in [0.2, 0.25) is 0 Å². The summed E-state index contributed by atoms with van der Waals surface area (Å²) < 4.78 is 5.03. The van der Waals surface area contributed by atoms with E-state index in [9.17, 15) is 20.0 Å². The Balaban J connectivity index is 3.06. The van der Waals surface area contributed by atoms with Crippen molar-refractivity contribution in [2.75, 3.05) is 13.7 Å². The van der Waals surface area contributed by atoms with Gasteiger partial charge in [0, 0.05) is 12.1 Å². The molecule has 7 nitrogen and oxygen atoms in total. The first kappa shape index (κ1) is 15.9. The molecule has 1 aromatic carbocycles. The van der Waals surface area contributed by atoms with E-state index in [4.69, 9.17) is 4.74 Å². The summed E-state index contributed by atoms with van der Waals surface area (Å²) in [5.74, 6) is -0.236. The predicted octanol–water partition coefficient (Wildman–Crippen LogP) is 1.35. The van der Waals surface area contributed by atoms with E-state index in [1.807, 2.05) is 13.8 Å². The largest absolute Gasteiger partial charge is 0.496 e. The molecular weight excluding hydrogens is 264 g/mol. The van der Waals surface area contributed by atoms with Crippen molar-refractivity contribution in [2.45, 2.75) is 19.9 Å². The van der Waals surface area contributed by atoms with Gasteiger partial charge in [-0.05, 0) is 12.0 Å². The summed E-state index contributed by atoms with van der Waals surface area (Å²) in [6.45, 7) is 3.50. The summed E-state index contributed by atoms with van der Waals surface area (Å²) in [6.07, 6.45) is 0. The van der Waals surface area contributed by atoms with Crippen LogP contribution in [0, 0.1) is 16.0 Å². The average Bonchev–Trinajstić information content (AvgIpc) is 2.43. The number of aliphatic hydroxyl groups excluding tert-OH is 1. The Morgan fingerprint density at radius 1 is 1.50 bits per heavy atom. The number of aliphatic hydroxyl groups is 1. The highest BCUT2D eigenvalue weighted by molar-refractivity contribution is 5.97. The lowest BCUT2D eigenvalue weighted by atomic mass is 10.0. The first-order valence-electron chi connectivity index (χ1n) is 6.14. The first-order valence-corrected chi connectivity index (χ1v) is 6.14. The van der Waals surface area contributed by atoms with Gasteiger partial charge in [0.05, 0.1) is 30.2 Å². The highest BCUT2D eigenvalue weighted by atomic mass is 16.6. The number of nitro benzene ring substituents is 1. The number of methoxy groups -OCH3 is 1. The lowest BCUT2D eigenvalue weighted by molar-refractivity contribution is -0.384. The number of benzene rings is 1. The number of amides is 1. The molecule has 0 saturated heterocycles. The summed E-state index contributed by atoms with van der Waals surface area (Å²) in [7, 11) is 1.38. The van der Waals surface area contributed by atoms with Crippen LogP contribution in [0.3, 0.4) is 0 Å². The second-order valence-corrected chi connectivity index (χ2v) is 4.65. The smallest absolute Gasteiger partial charge is 0.270 e. The molecule has 2 N–H and O–H groups in total. The van der Waals surface area contributed by atoms with Crippen LogP contribution in [0.1, 0.15) is 24.2 Å². The molecule has 0 radical (unpaired) electrons. The number of carbonyl (C=O) groups is 1. The molecule has 110 valence electrons. The molecule has 0 unspecified atom stereocenters. The standard InChI is InChI=1S/C13H18N2O5/c1-8(2)11(7-16)14-13(17)10-6-9(15(18)19)4-5-12(10)20-3/h4-6,8,11,16H,7H2,1-3H3,(H,14,17)/t11-/m1/s1. The molecule has 20 heavy (non-hydrogen) atoms. The Morgan fingerprint density at radius 3 is 2.60 bits per heavy atom. The molecule has 0 bridgehead atoms. The SMILES string of the molecule is COc1ccc([N+](=O)[O-])cc1C(=O)N[C@H](CO)C(C)C. The number of hydrogen-bond donors (Lipinski definition) is 2. The van der Waals surface area contributed by atoms with Crippen LogP contribution < -0.4 is 10.1 Å². The predicted molar refractivity (Wildman–Crippen MR) is 72.8 cm³/mol. The van der Waals surface area contributed by atoms with E-state index in [2.05, 4.69) is 5.32 Å². The Bertz CT molecular complexity index is 502. The van der Waals surface area contributed by atoms with Gasteiger partial charge in [0.1, 0.15) is 5.75 Å². The fourth-order valence-corrected chi connectivity index (χ4v) is 1.66. The number of nitro groups is 1. The molecule has 0 aliphatic carbocycles. The van der Waals surface area contributed by atoms with Gasteiger partial charge in [-0.1, -0.05) is 13.8 Å². The molecule has 0 heterocycles. The minimum atomic E-state index is -0.581. The normalized spacial score (nSPS) is 12.1. The van der Waals surface area contributed by atoms with Gasteiger partial charge in [0.15, 0.2) is 0 Å². The highest BCUT2D eigenvalue weighted by Gasteiger charge is 2.21. The lowest BCUT2D eigenvalue weighted by Gasteiger charge is -2.20. The van der Waals surface area contributed by atoms with Crippen molar-refractivity contribution < 1.29 is 19.6 Å². The van der Waals surface area contributed by atoms with E-state index < -0.39 is 16.9 Å². The summed E-state index contributed by atoms with van der Waals surface area (Å²) in [5.41, 5.74) is -0.123. The quantitative estimate of drug-likeness (QED) is 0.605. The Labute approximate surface area is 116 Å². The van der Waals surface area contributed by atoms with E-state index >= 15 is 0 Å². The maximum absolute atomic E-state index is 12.1. The Hall–Kier alpha value is -2.15. The third-order valence-electron chi connectivity index (χ3n) is 2.96. The van der Waals surface area contributed by atoms with Gasteiger partial charge in [-0.25, -0.2) is 0 Å². The molecule has 0 aliphatic rings. The number of nitrogens with one attached hydrogen (secondary N) is 1. The van der Waals surface area contributed by atoms with Crippen molar-refractivity contribution in [3.8, 4) is 5.75 Å². The fourth-order valence-electron chi connectivity index (χ4n) is 1.66. The molecule has 0 aromatic heterocycles. The van der Waals surface area contributed by atoms with Crippen molar-refractivity contribution in [3.63, 3.8) is 0 Å². The van der Waals surface area contributed by atoms with Gasteiger partial charge >= 0.3 is 0 Å². The molecule has 0 saturated carbocycles. The summed E-state index contributed by atoms with van der Waals surface area (Å²) in [6, 6.07) is 3.37. The minimum Gasteiger partial charge on any atom is -0.496 e. The summed E-state index contributed by atoms with van der Waals surface area (Å²) >= 11 is 0. The van der Waals surface area contributed by atoms with Gasteiger partial charge < -0.3 is 15.2 Å². The molecule has 0 fully saturated rings. The van der Waals surface area contributed by atoms with Crippen LogP contribution >= 0.6 is 0 Å². The number of rotatable bonds is 6. The topological polar surface area (TPSA) is 102 Å². The van der Waals surface area contributed by atoms with Crippen LogP contribution in [-0.2, 0) is 0 Å². The zero-order valence-corrected chi connectivity index (χ0v) is 11.6. The van der Waals surface area contributed by atoms with Crippen molar-refractivity contribution in [2.24, 2.45) is 5.92 Å². The second-order valence-electron chi connectivity index (χ2n) is 4.65. The molecule has 1 rings (SSSR count). The minimum absolute atomic E-state index is 0.0358. The highest BCUT2D eigenvalue weighted by Crippen LogP contribution is 2.24. The van der Waals surface area contributed by atoms with E-state index in [1.54, 1.807) is 0 Å². The van der Waals surface area contributed by atoms with E-state index in [0.717, 1.165) is 6.07 Å². The number of nitrogens with zero attached hydrogens (tertiary/aromatic N) is 1. The van der Waals surface area contributed by atoms with E-state index in [1.165, 1.54) is 19.2 Å². The monoisotopic (exact) mass is 282 g/mol. The fraction of sp³-hybridized carbons (Fsp3) is 0.462. The zero-order chi connectivity index (χ0) is 15.3. The molecule has 0 aliphatic heterocycles. The third kappa shape index (κ3) is 3.67. The van der Waals surface area contributed by atoms with Crippen LogP contribution in [0.4, 0.5) is 5.69 Å². The van der Waals surface area contributed by atoms with Gasteiger partial charge in [0.25, 0.3) is 11.6 Å². The van der Waals surface area contributed by atoms with Crippen LogP contribution in [0.25, 0.3) is 0 Å². The lowest BCUT2D eigenvalue weighted by Crippen LogP contribution is -2.41. The summed E-state index contributed by atoms with van der Waals surface area (Å²) in [4.78, 5) is 22.3. The van der Waals surface area contributed by atoms with Crippen LogP contribution in [0.5, 0.6) is 5.75 Å². The van der Waals surface area contributed by atoms with E-state index in [-0.39, 0.29) is 29.5 Å². The van der Waals surface area contributed by atoms with Crippen molar-refractivity contribution >= 4 is 11.6 Å². The molecule has 7 heteroatoms. The van der Waals surface area contributed by atoms with Crippen LogP contribution in [-0.4, -0.2) is 35.7 Å². The maximum Gasteiger partial charge on any atom is 0.270 e. The van der Waals surface area contributed by atoms with E-state index in [0.29, 0.717) is 0 Å². The average molecular weight is 282 g/mol. The number of non-ortho nitro benzene ring substituents is 1. The van der Waals surface area contributed by atoms with Gasteiger partial charge in [-0.3, -0.25) is 14.9 Å². The van der Waals surface area contributed by atoms with Crippen LogP contribution in [0.15, 0.2) is 18.2 Å². The van der Waals surface area contributed by atoms with Crippen molar-refractivity contribution in [1.29, 1.82) is 0 Å². The number of carbonyl (C=O) groups excluding carboxylic acids is 1. The van der Waals surface area contributed by atoms with Gasteiger partial charge in [-0.2, -0.15) is 0 Å². The molecule has 1 aromatic rings. The first-order chi connectivity index (χ1) is 9.40. The number of hydrogen-bond acceptors (Lipinski definition) is 5. The molecular formula is C13H18N2O5. The van der Waals surface area contributed by atoms with Crippen molar-refractivity contribution in [3.05, 3.63) is 33.9 Å². The van der Waals surface area contributed by atoms with Crippen molar-refractivity contribution in [1.82, 2.24) is 5.32 Å². The molecule has 0 spiro atoms. The van der Waals surface area contributed by atoms with Crippen LogP contribution in [0.2, 0.25) is 0 Å². The zero-order valence-electron chi connectivity index (χ0n) is 11.6. The third-order valence-corrected chi connectivity index (χ3v) is 2.96. The number of ether oxygens (including phenoxy) is 1. The molecule has 1 amide bonds. The van der Waals surface area contributed by atoms with Gasteiger partial charge in [-0.15, -0.1) is 0 Å². The molecule has 1 atom stereocenters. The summed E-state index contributed by atoms with van der Waals surface area (Å²) in [5, 5.41) is 22.6. The Kier molecular flexibility index (Phi) is 5.45. The maximum atomic E-state index is 12.1.